The van der Waals surface area contributed by atoms with Crippen molar-refractivity contribution in [1.29, 1.82) is 0 Å². The Morgan fingerprint density at radius 2 is 1.95 bits per heavy atom. The lowest BCUT2D eigenvalue weighted by Gasteiger charge is -2.10. The predicted octanol–water partition coefficient (Wildman–Crippen LogP) is 2.87. The van der Waals surface area contributed by atoms with Gasteiger partial charge >= 0.3 is 0 Å². The smallest absolute Gasteiger partial charge is 0.269 e. The number of aromatic nitrogens is 2. The van der Waals surface area contributed by atoms with Crippen molar-refractivity contribution in [2.75, 3.05) is 0 Å². The third kappa shape index (κ3) is 3.11. The topological polar surface area (TPSA) is 87.0 Å². The molecule has 0 aliphatic heterocycles. The van der Waals surface area contributed by atoms with Crippen LogP contribution < -0.4 is 5.73 Å². The maximum absolute atomic E-state index is 10.7. The summed E-state index contributed by atoms with van der Waals surface area (Å²) in [5.41, 5.74) is 10.3. The van der Waals surface area contributed by atoms with Crippen LogP contribution in [0.5, 0.6) is 0 Å². The van der Waals surface area contributed by atoms with Gasteiger partial charge in [-0.1, -0.05) is 19.1 Å². The highest BCUT2D eigenvalue weighted by Crippen LogP contribution is 2.23. The van der Waals surface area contributed by atoms with Crippen LogP contribution in [-0.2, 0) is 6.54 Å². The first-order chi connectivity index (χ1) is 9.93. The van der Waals surface area contributed by atoms with Crippen LogP contribution in [0.1, 0.15) is 41.9 Å². The molecule has 1 atom stereocenters. The Labute approximate surface area is 123 Å². The van der Waals surface area contributed by atoms with E-state index in [2.05, 4.69) is 12.0 Å². The summed E-state index contributed by atoms with van der Waals surface area (Å²) in [6.07, 6.45) is 0.866. The van der Waals surface area contributed by atoms with Crippen molar-refractivity contribution in [3.05, 3.63) is 56.9 Å². The maximum Gasteiger partial charge on any atom is 0.269 e. The summed E-state index contributed by atoms with van der Waals surface area (Å²) >= 11 is 0. The first kappa shape index (κ1) is 15.2. The summed E-state index contributed by atoms with van der Waals surface area (Å²) in [6, 6.07) is 6.54. The molecule has 0 aliphatic rings. The number of nitrogens with zero attached hydrogens (tertiary/aromatic N) is 3. The van der Waals surface area contributed by atoms with E-state index in [0.29, 0.717) is 6.54 Å². The Bertz CT molecular complexity index is 646. The van der Waals surface area contributed by atoms with Crippen LogP contribution in [0.4, 0.5) is 5.69 Å². The highest BCUT2D eigenvalue weighted by Gasteiger charge is 2.16. The van der Waals surface area contributed by atoms with Crippen molar-refractivity contribution in [3.8, 4) is 0 Å². The third-order valence-corrected chi connectivity index (χ3v) is 3.73. The van der Waals surface area contributed by atoms with Gasteiger partial charge in [-0.25, -0.2) is 0 Å². The predicted molar refractivity (Wildman–Crippen MR) is 81.1 cm³/mol. The molecular weight excluding hydrogens is 268 g/mol. The minimum absolute atomic E-state index is 0.00406. The molecule has 21 heavy (non-hydrogen) atoms. The molecule has 0 aliphatic carbocycles. The lowest BCUT2D eigenvalue weighted by Crippen LogP contribution is -2.11. The first-order valence-electron chi connectivity index (χ1n) is 6.96. The van der Waals surface area contributed by atoms with Gasteiger partial charge in [-0.05, 0) is 25.8 Å². The van der Waals surface area contributed by atoms with Crippen LogP contribution in [0.3, 0.4) is 0 Å². The molecule has 0 fully saturated rings. The lowest BCUT2D eigenvalue weighted by atomic mass is 10.0. The molecule has 0 radical (unpaired) electrons. The van der Waals surface area contributed by atoms with Crippen molar-refractivity contribution in [2.45, 2.75) is 39.8 Å². The Hall–Kier alpha value is -2.21. The summed E-state index contributed by atoms with van der Waals surface area (Å²) < 4.78 is 1.90. The van der Waals surface area contributed by atoms with Crippen LogP contribution in [0.15, 0.2) is 24.3 Å². The summed E-state index contributed by atoms with van der Waals surface area (Å²) in [6.45, 7) is 6.61. The minimum Gasteiger partial charge on any atom is -0.324 e. The van der Waals surface area contributed by atoms with E-state index in [0.717, 1.165) is 28.9 Å². The summed E-state index contributed by atoms with van der Waals surface area (Å²) in [5, 5.41) is 15.2. The molecule has 0 spiro atoms. The minimum atomic E-state index is -0.397. The Morgan fingerprint density at radius 3 is 2.48 bits per heavy atom. The lowest BCUT2D eigenvalue weighted by molar-refractivity contribution is -0.384. The number of hydrogen-bond donors (Lipinski definition) is 1. The van der Waals surface area contributed by atoms with Gasteiger partial charge in [0.1, 0.15) is 0 Å². The fourth-order valence-corrected chi connectivity index (χ4v) is 2.50. The largest absolute Gasteiger partial charge is 0.324 e. The molecule has 2 rings (SSSR count). The number of nitro groups is 1. The number of benzene rings is 1. The molecule has 0 amide bonds. The van der Waals surface area contributed by atoms with E-state index < -0.39 is 4.92 Å². The average molecular weight is 288 g/mol. The SMILES string of the molecule is CCC(N)c1c(C)nn(Cc2ccc([N+](=O)[O-])cc2)c1C. The zero-order chi connectivity index (χ0) is 15.6. The van der Waals surface area contributed by atoms with Crippen LogP contribution in [0.25, 0.3) is 0 Å². The highest BCUT2D eigenvalue weighted by molar-refractivity contribution is 5.34. The van der Waals surface area contributed by atoms with E-state index in [1.165, 1.54) is 12.1 Å². The Morgan fingerprint density at radius 1 is 1.33 bits per heavy atom. The average Bonchev–Trinajstić information content (AvgIpc) is 2.73. The number of nitro benzene ring substituents is 1. The molecule has 1 aromatic carbocycles. The van der Waals surface area contributed by atoms with Gasteiger partial charge in [0.25, 0.3) is 5.69 Å². The molecule has 6 nitrogen and oxygen atoms in total. The van der Waals surface area contributed by atoms with Crippen molar-refractivity contribution >= 4 is 5.69 Å². The third-order valence-electron chi connectivity index (χ3n) is 3.73. The fourth-order valence-electron chi connectivity index (χ4n) is 2.50. The first-order valence-corrected chi connectivity index (χ1v) is 6.96. The molecule has 1 unspecified atom stereocenters. The van der Waals surface area contributed by atoms with E-state index >= 15 is 0 Å². The van der Waals surface area contributed by atoms with Crippen molar-refractivity contribution in [1.82, 2.24) is 9.78 Å². The normalized spacial score (nSPS) is 12.4. The van der Waals surface area contributed by atoms with E-state index in [4.69, 9.17) is 5.73 Å². The van der Waals surface area contributed by atoms with E-state index in [1.807, 2.05) is 18.5 Å². The molecule has 1 aromatic heterocycles. The second-order valence-corrected chi connectivity index (χ2v) is 5.18. The van der Waals surface area contributed by atoms with Gasteiger partial charge in [0.05, 0.1) is 17.2 Å². The number of rotatable bonds is 5. The van der Waals surface area contributed by atoms with Gasteiger partial charge in [-0.2, -0.15) is 5.10 Å². The van der Waals surface area contributed by atoms with Crippen molar-refractivity contribution < 1.29 is 4.92 Å². The van der Waals surface area contributed by atoms with Gasteiger partial charge in [-0.3, -0.25) is 14.8 Å². The van der Waals surface area contributed by atoms with Crippen LogP contribution in [0.2, 0.25) is 0 Å². The van der Waals surface area contributed by atoms with Gasteiger partial charge in [0.2, 0.25) is 0 Å². The fraction of sp³-hybridized carbons (Fsp3) is 0.400. The highest BCUT2D eigenvalue weighted by atomic mass is 16.6. The Balaban J connectivity index is 2.26. The van der Waals surface area contributed by atoms with E-state index in [-0.39, 0.29) is 11.7 Å². The molecule has 0 saturated carbocycles. The van der Waals surface area contributed by atoms with Gasteiger partial charge in [0.15, 0.2) is 0 Å². The van der Waals surface area contributed by atoms with Gasteiger partial charge in [-0.15, -0.1) is 0 Å². The zero-order valence-electron chi connectivity index (χ0n) is 12.5. The molecule has 2 aromatic rings. The zero-order valence-corrected chi connectivity index (χ0v) is 12.5. The number of aryl methyl sites for hydroxylation is 1. The van der Waals surface area contributed by atoms with Crippen LogP contribution in [-0.4, -0.2) is 14.7 Å². The van der Waals surface area contributed by atoms with Crippen LogP contribution >= 0.6 is 0 Å². The molecule has 0 saturated heterocycles. The second kappa shape index (κ2) is 6.05. The quantitative estimate of drug-likeness (QED) is 0.677. The molecule has 2 N–H and O–H groups in total. The second-order valence-electron chi connectivity index (χ2n) is 5.18. The standard InChI is InChI=1S/C15H20N4O2/c1-4-14(16)15-10(2)17-18(11(15)3)9-12-5-7-13(8-6-12)19(20)21/h5-8,14H,4,9,16H2,1-3H3. The molecule has 0 bridgehead atoms. The molecule has 112 valence electrons. The monoisotopic (exact) mass is 288 g/mol. The Kier molecular flexibility index (Phi) is 4.37. The van der Waals surface area contributed by atoms with E-state index in [9.17, 15) is 10.1 Å². The molecular formula is C15H20N4O2. The van der Waals surface area contributed by atoms with Gasteiger partial charge < -0.3 is 5.73 Å². The molecule has 1 heterocycles. The van der Waals surface area contributed by atoms with Gasteiger partial charge in [0, 0.05) is 29.4 Å². The summed E-state index contributed by atoms with van der Waals surface area (Å²) in [4.78, 5) is 10.3. The summed E-state index contributed by atoms with van der Waals surface area (Å²) in [5.74, 6) is 0. The van der Waals surface area contributed by atoms with Crippen molar-refractivity contribution in [3.63, 3.8) is 0 Å². The van der Waals surface area contributed by atoms with E-state index in [1.54, 1.807) is 12.1 Å². The maximum atomic E-state index is 10.7. The van der Waals surface area contributed by atoms with Crippen LogP contribution in [0, 0.1) is 24.0 Å². The molecule has 6 heteroatoms. The van der Waals surface area contributed by atoms with Crippen molar-refractivity contribution in [2.24, 2.45) is 5.73 Å². The summed E-state index contributed by atoms with van der Waals surface area (Å²) in [7, 11) is 0. The number of non-ortho nitro benzene ring substituents is 1. The number of nitrogens with two attached hydrogens (primary N) is 1. The number of hydrogen-bond acceptors (Lipinski definition) is 4.